The number of nitrogens with one attached hydrogen (secondary N) is 1. The molecular weight excluding hydrogens is 265 g/mol. The van der Waals surface area contributed by atoms with Crippen LogP contribution in [0.2, 0.25) is 10.0 Å². The van der Waals surface area contributed by atoms with Crippen LogP contribution in [0.5, 0.6) is 0 Å². The van der Waals surface area contributed by atoms with Crippen molar-refractivity contribution in [3.05, 3.63) is 63.1 Å². The molecule has 2 aromatic carbocycles. The Balaban J connectivity index is 2.09. The summed E-state index contributed by atoms with van der Waals surface area (Å²) in [5.74, 6) is 0. The summed E-state index contributed by atoms with van der Waals surface area (Å²) in [5.41, 5.74) is 4.75. The van der Waals surface area contributed by atoms with E-state index in [2.05, 4.69) is 37.4 Å². The molecule has 1 nitrogen and oxygen atoms in total. The quantitative estimate of drug-likeness (QED) is 0.812. The second kappa shape index (κ2) is 5.64. The molecule has 0 bridgehead atoms. The Hall–Kier alpha value is -1.18. The van der Waals surface area contributed by atoms with Crippen LogP contribution in [0.15, 0.2) is 36.4 Å². The number of rotatable bonds is 3. The van der Waals surface area contributed by atoms with Gasteiger partial charge >= 0.3 is 0 Å². The van der Waals surface area contributed by atoms with Gasteiger partial charge in [-0.2, -0.15) is 0 Å². The molecule has 0 heterocycles. The molecule has 0 saturated heterocycles. The van der Waals surface area contributed by atoms with Crippen molar-refractivity contribution in [2.45, 2.75) is 20.4 Å². The summed E-state index contributed by atoms with van der Waals surface area (Å²) in [5, 5.41) is 4.61. The zero-order valence-electron chi connectivity index (χ0n) is 10.4. The van der Waals surface area contributed by atoms with Crippen LogP contribution in [0.4, 0.5) is 5.69 Å². The van der Waals surface area contributed by atoms with E-state index in [1.54, 1.807) is 6.07 Å². The molecule has 0 aliphatic heterocycles. The summed E-state index contributed by atoms with van der Waals surface area (Å²) in [7, 11) is 0. The maximum absolute atomic E-state index is 6.11. The fourth-order valence-electron chi connectivity index (χ4n) is 1.74. The maximum Gasteiger partial charge on any atom is 0.0652 e. The molecule has 18 heavy (non-hydrogen) atoms. The third kappa shape index (κ3) is 3.18. The molecule has 0 aliphatic carbocycles. The highest BCUT2D eigenvalue weighted by molar-refractivity contribution is 6.36. The molecule has 0 spiro atoms. The predicted molar refractivity (Wildman–Crippen MR) is 79.7 cm³/mol. The Labute approximate surface area is 118 Å². The predicted octanol–water partition coefficient (Wildman–Crippen LogP) is 5.22. The molecule has 0 saturated carbocycles. The van der Waals surface area contributed by atoms with E-state index >= 15 is 0 Å². The summed E-state index contributed by atoms with van der Waals surface area (Å²) in [6.07, 6.45) is 0. The normalized spacial score (nSPS) is 10.4. The molecule has 0 aromatic heterocycles. The van der Waals surface area contributed by atoms with Crippen molar-refractivity contribution in [3.63, 3.8) is 0 Å². The summed E-state index contributed by atoms with van der Waals surface area (Å²) in [6.45, 7) is 4.99. The molecule has 0 aliphatic rings. The lowest BCUT2D eigenvalue weighted by Crippen LogP contribution is -2.00. The van der Waals surface area contributed by atoms with E-state index in [1.807, 2.05) is 12.1 Å². The lowest BCUT2D eigenvalue weighted by molar-refractivity contribution is 1.13. The standard InChI is InChI=1S/C15H15Cl2N/c1-10-3-4-12(7-11(10)2)9-18-15-6-5-13(16)8-14(15)17/h3-8,18H,9H2,1-2H3. The Morgan fingerprint density at radius 1 is 0.944 bits per heavy atom. The van der Waals surface area contributed by atoms with Gasteiger partial charge in [-0.05, 0) is 48.7 Å². The third-order valence-corrected chi connectivity index (χ3v) is 3.53. The molecule has 0 amide bonds. The van der Waals surface area contributed by atoms with Crippen molar-refractivity contribution < 1.29 is 0 Å². The van der Waals surface area contributed by atoms with Crippen LogP contribution >= 0.6 is 23.2 Å². The summed E-state index contributed by atoms with van der Waals surface area (Å²) >= 11 is 12.0. The topological polar surface area (TPSA) is 12.0 Å². The number of anilines is 1. The minimum absolute atomic E-state index is 0.645. The van der Waals surface area contributed by atoms with Crippen molar-refractivity contribution in [1.29, 1.82) is 0 Å². The molecule has 0 fully saturated rings. The van der Waals surface area contributed by atoms with E-state index < -0.39 is 0 Å². The highest BCUT2D eigenvalue weighted by Crippen LogP contribution is 2.25. The lowest BCUT2D eigenvalue weighted by Gasteiger charge is -2.10. The maximum atomic E-state index is 6.11. The second-order valence-electron chi connectivity index (χ2n) is 4.40. The summed E-state index contributed by atoms with van der Waals surface area (Å²) in [6, 6.07) is 11.9. The molecule has 2 aromatic rings. The van der Waals surface area contributed by atoms with Gasteiger partial charge in [-0.25, -0.2) is 0 Å². The Kier molecular flexibility index (Phi) is 4.15. The Morgan fingerprint density at radius 2 is 1.72 bits per heavy atom. The van der Waals surface area contributed by atoms with Crippen LogP contribution in [0.1, 0.15) is 16.7 Å². The van der Waals surface area contributed by atoms with E-state index in [-0.39, 0.29) is 0 Å². The van der Waals surface area contributed by atoms with Crippen LogP contribution < -0.4 is 5.32 Å². The van der Waals surface area contributed by atoms with Gasteiger partial charge in [0, 0.05) is 11.6 Å². The number of benzene rings is 2. The first-order valence-electron chi connectivity index (χ1n) is 5.81. The second-order valence-corrected chi connectivity index (χ2v) is 5.24. The molecule has 0 radical (unpaired) electrons. The van der Waals surface area contributed by atoms with E-state index in [4.69, 9.17) is 23.2 Å². The van der Waals surface area contributed by atoms with Gasteiger partial charge in [-0.3, -0.25) is 0 Å². The van der Waals surface area contributed by atoms with E-state index in [0.717, 1.165) is 12.2 Å². The average molecular weight is 280 g/mol. The van der Waals surface area contributed by atoms with Crippen molar-refractivity contribution in [2.24, 2.45) is 0 Å². The van der Waals surface area contributed by atoms with Crippen LogP contribution in [-0.4, -0.2) is 0 Å². The molecule has 0 atom stereocenters. The largest absolute Gasteiger partial charge is 0.380 e. The third-order valence-electron chi connectivity index (χ3n) is 2.99. The number of aryl methyl sites for hydroxylation is 2. The first-order valence-corrected chi connectivity index (χ1v) is 6.57. The van der Waals surface area contributed by atoms with Crippen LogP contribution in [0, 0.1) is 13.8 Å². The van der Waals surface area contributed by atoms with Gasteiger partial charge in [-0.15, -0.1) is 0 Å². The number of halogens is 2. The first-order chi connectivity index (χ1) is 8.56. The molecule has 94 valence electrons. The Bertz CT molecular complexity index is 564. The molecule has 0 unspecified atom stereocenters. The minimum Gasteiger partial charge on any atom is -0.380 e. The lowest BCUT2D eigenvalue weighted by atomic mass is 10.1. The molecular formula is C15H15Cl2N. The number of hydrogen-bond acceptors (Lipinski definition) is 1. The van der Waals surface area contributed by atoms with Crippen molar-refractivity contribution in [3.8, 4) is 0 Å². The molecule has 2 rings (SSSR count). The average Bonchev–Trinajstić information content (AvgIpc) is 2.32. The minimum atomic E-state index is 0.645. The summed E-state index contributed by atoms with van der Waals surface area (Å²) in [4.78, 5) is 0. The zero-order valence-corrected chi connectivity index (χ0v) is 11.9. The van der Waals surface area contributed by atoms with E-state index in [1.165, 1.54) is 16.7 Å². The van der Waals surface area contributed by atoms with Gasteiger partial charge in [0.05, 0.1) is 10.7 Å². The van der Waals surface area contributed by atoms with Crippen molar-refractivity contribution >= 4 is 28.9 Å². The first kappa shape index (κ1) is 13.3. The van der Waals surface area contributed by atoms with Crippen LogP contribution in [-0.2, 0) is 6.54 Å². The highest BCUT2D eigenvalue weighted by Gasteiger charge is 2.01. The Morgan fingerprint density at radius 3 is 2.39 bits per heavy atom. The monoisotopic (exact) mass is 279 g/mol. The van der Waals surface area contributed by atoms with Gasteiger partial charge in [0.25, 0.3) is 0 Å². The van der Waals surface area contributed by atoms with Gasteiger partial charge in [0.1, 0.15) is 0 Å². The van der Waals surface area contributed by atoms with E-state index in [0.29, 0.717) is 10.0 Å². The zero-order chi connectivity index (χ0) is 13.1. The van der Waals surface area contributed by atoms with E-state index in [9.17, 15) is 0 Å². The molecule has 3 heteroatoms. The fourth-order valence-corrected chi connectivity index (χ4v) is 2.22. The summed E-state index contributed by atoms with van der Waals surface area (Å²) < 4.78 is 0. The van der Waals surface area contributed by atoms with Gasteiger partial charge in [-0.1, -0.05) is 41.4 Å². The van der Waals surface area contributed by atoms with Crippen LogP contribution in [0.25, 0.3) is 0 Å². The van der Waals surface area contributed by atoms with Crippen molar-refractivity contribution in [1.82, 2.24) is 0 Å². The smallest absolute Gasteiger partial charge is 0.0652 e. The highest BCUT2D eigenvalue weighted by atomic mass is 35.5. The molecule has 1 N–H and O–H groups in total. The van der Waals surface area contributed by atoms with Crippen LogP contribution in [0.3, 0.4) is 0 Å². The van der Waals surface area contributed by atoms with Gasteiger partial charge in [0.15, 0.2) is 0 Å². The van der Waals surface area contributed by atoms with Gasteiger partial charge < -0.3 is 5.32 Å². The fraction of sp³-hybridized carbons (Fsp3) is 0.200. The number of hydrogen-bond donors (Lipinski definition) is 1. The van der Waals surface area contributed by atoms with Gasteiger partial charge in [0.2, 0.25) is 0 Å². The van der Waals surface area contributed by atoms with Crippen molar-refractivity contribution in [2.75, 3.05) is 5.32 Å². The SMILES string of the molecule is Cc1ccc(CNc2ccc(Cl)cc2Cl)cc1C.